The van der Waals surface area contributed by atoms with Gasteiger partial charge in [0.25, 0.3) is 11.8 Å². The van der Waals surface area contributed by atoms with Gasteiger partial charge >= 0.3 is 0 Å². The predicted octanol–water partition coefficient (Wildman–Crippen LogP) is 5.35. The lowest BCUT2D eigenvalue weighted by Gasteiger charge is -2.12. The number of pyridine rings is 1. The van der Waals surface area contributed by atoms with Crippen LogP contribution in [0.3, 0.4) is 0 Å². The van der Waals surface area contributed by atoms with Crippen LogP contribution in [-0.4, -0.2) is 36.5 Å². The maximum atomic E-state index is 13.4. The molecule has 0 aliphatic rings. The van der Waals surface area contributed by atoms with E-state index in [1.54, 1.807) is 42.7 Å². The topological polar surface area (TPSA) is 115 Å². The lowest BCUT2D eigenvalue weighted by molar-refractivity contribution is 0.0943. The molecule has 5 rings (SSSR count). The number of carbonyl (C=O) groups excluding carboxylic acids is 2. The Morgan fingerprint density at radius 1 is 0.872 bits per heavy atom. The molecule has 0 radical (unpaired) electrons. The van der Waals surface area contributed by atoms with Crippen LogP contribution in [0.5, 0.6) is 0 Å². The summed E-state index contributed by atoms with van der Waals surface area (Å²) in [4.78, 5) is 38.4. The maximum absolute atomic E-state index is 13.4. The van der Waals surface area contributed by atoms with Crippen LogP contribution in [0.25, 0.3) is 16.9 Å². The smallest absolute Gasteiger partial charge is 0.272 e. The molecule has 3 heterocycles. The molecule has 9 nitrogen and oxygen atoms in total. The summed E-state index contributed by atoms with van der Waals surface area (Å²) in [5, 5.41) is 10.2. The van der Waals surface area contributed by atoms with E-state index in [4.69, 9.17) is 23.2 Å². The minimum Gasteiger partial charge on any atom is -0.343 e. The van der Waals surface area contributed by atoms with Gasteiger partial charge in [0.2, 0.25) is 0 Å². The Morgan fingerprint density at radius 2 is 1.64 bits per heavy atom. The number of benzene rings is 2. The number of nitrogens with one attached hydrogen (secondary N) is 2. The van der Waals surface area contributed by atoms with Crippen molar-refractivity contribution in [3.63, 3.8) is 0 Å². The van der Waals surface area contributed by atoms with Crippen molar-refractivity contribution in [2.75, 3.05) is 5.32 Å². The number of rotatable bonds is 7. The molecule has 0 aliphatic heterocycles. The quantitative estimate of drug-likeness (QED) is 0.276. The molecule has 0 bridgehead atoms. The van der Waals surface area contributed by atoms with E-state index in [0.29, 0.717) is 22.8 Å². The molecule has 0 saturated heterocycles. The van der Waals surface area contributed by atoms with Crippen LogP contribution in [0, 0.1) is 5.82 Å². The number of nitrogens with zero attached hydrogens (tertiary/aromatic N) is 5. The highest BCUT2D eigenvalue weighted by atomic mass is 35.5. The first-order chi connectivity index (χ1) is 18.9. The Morgan fingerprint density at radius 3 is 2.36 bits per heavy atom. The van der Waals surface area contributed by atoms with Gasteiger partial charge in [-0.2, -0.15) is 5.10 Å². The molecule has 39 heavy (non-hydrogen) atoms. The van der Waals surface area contributed by atoms with Crippen molar-refractivity contribution in [1.82, 2.24) is 30.0 Å². The van der Waals surface area contributed by atoms with Crippen LogP contribution in [0.1, 0.15) is 26.7 Å². The largest absolute Gasteiger partial charge is 0.343 e. The number of anilines is 1. The van der Waals surface area contributed by atoms with Crippen molar-refractivity contribution < 1.29 is 14.0 Å². The van der Waals surface area contributed by atoms with Gasteiger partial charge < -0.3 is 10.6 Å². The molecule has 0 fully saturated rings. The highest BCUT2D eigenvalue weighted by Crippen LogP contribution is 2.32. The number of halogens is 3. The van der Waals surface area contributed by atoms with E-state index in [9.17, 15) is 14.0 Å². The van der Waals surface area contributed by atoms with Gasteiger partial charge in [-0.15, -0.1) is 0 Å². The average Bonchev–Trinajstić information content (AvgIpc) is 3.37. The van der Waals surface area contributed by atoms with E-state index in [2.05, 4.69) is 30.7 Å². The van der Waals surface area contributed by atoms with Crippen molar-refractivity contribution >= 4 is 40.8 Å². The van der Waals surface area contributed by atoms with Gasteiger partial charge in [-0.3, -0.25) is 14.6 Å². The highest BCUT2D eigenvalue weighted by molar-refractivity contribution is 6.38. The molecule has 12 heteroatoms. The van der Waals surface area contributed by atoms with E-state index in [-0.39, 0.29) is 33.7 Å². The fourth-order valence-corrected chi connectivity index (χ4v) is 4.22. The fraction of sp³-hybridized carbons (Fsp3) is 0.0370. The van der Waals surface area contributed by atoms with Gasteiger partial charge in [0.05, 0.1) is 39.7 Å². The van der Waals surface area contributed by atoms with Gasteiger partial charge in [0, 0.05) is 24.0 Å². The monoisotopic (exact) mass is 561 g/mol. The van der Waals surface area contributed by atoms with Crippen molar-refractivity contribution in [1.29, 1.82) is 0 Å². The Kier molecular flexibility index (Phi) is 7.57. The number of aromatic nitrogens is 5. The van der Waals surface area contributed by atoms with Crippen LogP contribution in [0.2, 0.25) is 10.0 Å². The first-order valence-corrected chi connectivity index (χ1v) is 12.3. The molecule has 3 aromatic heterocycles. The third kappa shape index (κ3) is 5.92. The van der Waals surface area contributed by atoms with Gasteiger partial charge in [0.1, 0.15) is 17.5 Å². The number of amides is 2. The highest BCUT2D eigenvalue weighted by Gasteiger charge is 2.21. The minimum absolute atomic E-state index is 0.0588. The third-order valence-corrected chi connectivity index (χ3v) is 6.14. The van der Waals surface area contributed by atoms with Gasteiger partial charge in [0.15, 0.2) is 5.69 Å². The predicted molar refractivity (Wildman–Crippen MR) is 144 cm³/mol. The summed E-state index contributed by atoms with van der Waals surface area (Å²) in [6, 6.07) is 17.7. The molecule has 0 unspecified atom stereocenters. The number of hydrogen-bond acceptors (Lipinski definition) is 6. The van der Waals surface area contributed by atoms with E-state index >= 15 is 0 Å². The second-order valence-corrected chi connectivity index (χ2v) is 8.95. The summed E-state index contributed by atoms with van der Waals surface area (Å²) in [6.45, 7) is 0.0974. The van der Waals surface area contributed by atoms with Crippen LogP contribution in [-0.2, 0) is 6.54 Å². The van der Waals surface area contributed by atoms with E-state index < -0.39 is 17.6 Å². The molecule has 194 valence electrons. The first kappa shape index (κ1) is 26.0. The van der Waals surface area contributed by atoms with Crippen molar-refractivity contribution in [3.8, 4) is 16.9 Å². The number of para-hydroxylation sites is 1. The average molecular weight is 562 g/mol. The van der Waals surface area contributed by atoms with Gasteiger partial charge in [-0.1, -0.05) is 41.4 Å². The van der Waals surface area contributed by atoms with Crippen LogP contribution < -0.4 is 10.6 Å². The summed E-state index contributed by atoms with van der Waals surface area (Å²) in [5.74, 6) is -0.916. The lowest BCUT2D eigenvalue weighted by atomic mass is 10.1. The number of hydrogen-bond donors (Lipinski definition) is 2. The van der Waals surface area contributed by atoms with E-state index in [1.165, 1.54) is 35.0 Å². The van der Waals surface area contributed by atoms with Crippen molar-refractivity contribution in [2.24, 2.45) is 0 Å². The Bertz CT molecular complexity index is 1650. The van der Waals surface area contributed by atoms with Gasteiger partial charge in [-0.25, -0.2) is 19.0 Å². The first-order valence-electron chi connectivity index (χ1n) is 11.5. The molecule has 0 atom stereocenters. The van der Waals surface area contributed by atoms with E-state index in [1.807, 2.05) is 6.07 Å². The SMILES string of the molecule is O=C(NCc1ncccn1)c1cc(NC(=O)c2cc(-c3ccc(F)cn3)c(Cl)cc2Cl)n(-c2ccccc2)n1. The molecule has 0 aliphatic carbocycles. The summed E-state index contributed by atoms with van der Waals surface area (Å²) < 4.78 is 14.8. The molecule has 2 aromatic carbocycles. The zero-order valence-corrected chi connectivity index (χ0v) is 21.5. The van der Waals surface area contributed by atoms with Crippen molar-refractivity contribution in [3.05, 3.63) is 118 Å². The Hall–Kier alpha value is -4.67. The van der Waals surface area contributed by atoms with E-state index in [0.717, 1.165) is 6.20 Å². The maximum Gasteiger partial charge on any atom is 0.272 e. The zero-order chi connectivity index (χ0) is 27.4. The molecule has 5 aromatic rings. The molecule has 0 saturated carbocycles. The fourth-order valence-electron chi connectivity index (χ4n) is 3.66. The normalized spacial score (nSPS) is 10.7. The molecule has 0 spiro atoms. The van der Waals surface area contributed by atoms with Crippen LogP contribution in [0.15, 0.2) is 85.3 Å². The number of carbonyl (C=O) groups is 2. The molecular formula is C27H18Cl2FN7O2. The standard InChI is InChI=1S/C27H18Cl2FN7O2/c28-20-12-21(29)19(11-18(20)22-8-7-16(30)14-33-22)26(38)35-25-13-23(36-37(25)17-5-2-1-3-6-17)27(39)34-15-24-31-9-4-10-32-24/h1-14H,15H2,(H,34,39)(H,35,38). The molecule has 2 amide bonds. The summed E-state index contributed by atoms with van der Waals surface area (Å²) >= 11 is 12.7. The van der Waals surface area contributed by atoms with Gasteiger partial charge in [-0.05, 0) is 42.5 Å². The lowest BCUT2D eigenvalue weighted by Crippen LogP contribution is -2.24. The summed E-state index contributed by atoms with van der Waals surface area (Å²) in [6.07, 6.45) is 4.20. The molecular weight excluding hydrogens is 544 g/mol. The minimum atomic E-state index is -0.582. The Labute approximate surface area is 231 Å². The Balaban J connectivity index is 1.45. The zero-order valence-electron chi connectivity index (χ0n) is 20.0. The van der Waals surface area contributed by atoms with Crippen LogP contribution >= 0.6 is 23.2 Å². The second-order valence-electron chi connectivity index (χ2n) is 8.14. The van der Waals surface area contributed by atoms with Crippen LogP contribution in [0.4, 0.5) is 10.2 Å². The molecule has 2 N–H and O–H groups in total. The third-order valence-electron chi connectivity index (χ3n) is 5.52. The summed E-state index contributed by atoms with van der Waals surface area (Å²) in [5.41, 5.74) is 1.52. The second kappa shape index (κ2) is 11.4. The van der Waals surface area contributed by atoms with Crippen molar-refractivity contribution in [2.45, 2.75) is 6.54 Å². The summed E-state index contributed by atoms with van der Waals surface area (Å²) in [7, 11) is 0.